The molecule has 1 saturated heterocycles. The molecular formula is C19H17N3OS. The highest BCUT2D eigenvalue weighted by Crippen LogP contribution is 2.37. The number of hydrogen-bond donors (Lipinski definition) is 0. The predicted molar refractivity (Wildman–Crippen MR) is 94.9 cm³/mol. The first-order valence-electron chi connectivity index (χ1n) is 7.97. The lowest BCUT2D eigenvalue weighted by Crippen LogP contribution is -2.45. The third-order valence-corrected chi connectivity index (χ3v) is 5.31. The molecule has 4 nitrogen and oxygen atoms in total. The third-order valence-electron chi connectivity index (χ3n) is 4.34. The molecule has 1 fully saturated rings. The molecule has 0 saturated carbocycles. The Hall–Kier alpha value is -2.53. The van der Waals surface area contributed by atoms with Crippen LogP contribution in [0.5, 0.6) is 0 Å². The summed E-state index contributed by atoms with van der Waals surface area (Å²) < 4.78 is 0. The van der Waals surface area contributed by atoms with Crippen LogP contribution in [0, 0.1) is 6.92 Å². The van der Waals surface area contributed by atoms with Gasteiger partial charge in [-0.2, -0.15) is 0 Å². The smallest absolute Gasteiger partial charge is 0.258 e. The summed E-state index contributed by atoms with van der Waals surface area (Å²) in [5, 5.41) is 2.06. The third kappa shape index (κ3) is 2.61. The summed E-state index contributed by atoms with van der Waals surface area (Å²) in [5.74, 6) is 0.683. The lowest BCUT2D eigenvalue weighted by atomic mass is 9.98. The first-order valence-corrected chi connectivity index (χ1v) is 8.85. The van der Waals surface area contributed by atoms with Gasteiger partial charge in [-0.15, -0.1) is 11.3 Å². The van der Waals surface area contributed by atoms with Gasteiger partial charge in [-0.05, 0) is 24.8 Å². The van der Waals surface area contributed by atoms with Gasteiger partial charge in [0.05, 0.1) is 17.3 Å². The summed E-state index contributed by atoms with van der Waals surface area (Å²) in [6.45, 7) is 2.63. The number of amides is 1. The van der Waals surface area contributed by atoms with Crippen molar-refractivity contribution in [3.05, 3.63) is 70.3 Å². The van der Waals surface area contributed by atoms with Gasteiger partial charge in [0.1, 0.15) is 5.82 Å². The highest BCUT2D eigenvalue weighted by molar-refractivity contribution is 7.10. The van der Waals surface area contributed by atoms with Crippen LogP contribution in [0.15, 0.2) is 54.0 Å². The van der Waals surface area contributed by atoms with E-state index in [1.807, 2.05) is 48.2 Å². The number of likely N-dealkylation sites (tertiary alicyclic amines) is 1. The maximum Gasteiger partial charge on any atom is 0.258 e. The fraction of sp³-hybridized carbons (Fsp3) is 0.211. The molecule has 1 unspecified atom stereocenters. The van der Waals surface area contributed by atoms with E-state index in [0.717, 1.165) is 18.5 Å². The van der Waals surface area contributed by atoms with Crippen molar-refractivity contribution in [2.24, 2.45) is 0 Å². The number of aromatic nitrogens is 2. The SMILES string of the molecule is Cc1ncc(C(=O)N2CCC2c2cccs2)c(-c2ccccc2)n1. The van der Waals surface area contributed by atoms with Crippen LogP contribution in [-0.2, 0) is 0 Å². The predicted octanol–water partition coefficient (Wildman–Crippen LogP) is 4.10. The van der Waals surface area contributed by atoms with Crippen LogP contribution in [-0.4, -0.2) is 27.3 Å². The van der Waals surface area contributed by atoms with Crippen molar-refractivity contribution in [2.75, 3.05) is 6.54 Å². The molecule has 2 aromatic heterocycles. The molecular weight excluding hydrogens is 318 g/mol. The molecule has 0 bridgehead atoms. The van der Waals surface area contributed by atoms with E-state index < -0.39 is 0 Å². The topological polar surface area (TPSA) is 46.1 Å². The lowest BCUT2D eigenvalue weighted by Gasteiger charge is -2.40. The molecule has 0 spiro atoms. The van der Waals surface area contributed by atoms with Crippen molar-refractivity contribution in [2.45, 2.75) is 19.4 Å². The van der Waals surface area contributed by atoms with Crippen LogP contribution in [0.1, 0.15) is 33.5 Å². The zero-order valence-electron chi connectivity index (χ0n) is 13.3. The zero-order valence-corrected chi connectivity index (χ0v) is 14.2. The number of rotatable bonds is 3. The minimum atomic E-state index is 0.0125. The largest absolute Gasteiger partial charge is 0.331 e. The highest BCUT2D eigenvalue weighted by atomic mass is 32.1. The Morgan fingerprint density at radius 2 is 2.04 bits per heavy atom. The number of benzene rings is 1. The molecule has 5 heteroatoms. The van der Waals surface area contributed by atoms with Crippen LogP contribution in [0.25, 0.3) is 11.3 Å². The number of nitrogens with zero attached hydrogens (tertiary/aromatic N) is 3. The van der Waals surface area contributed by atoms with Gasteiger partial charge in [-0.1, -0.05) is 36.4 Å². The molecule has 1 aliphatic heterocycles. The van der Waals surface area contributed by atoms with Gasteiger partial charge < -0.3 is 4.90 Å². The molecule has 0 aliphatic carbocycles. The first-order chi connectivity index (χ1) is 11.7. The molecule has 3 heterocycles. The van der Waals surface area contributed by atoms with Gasteiger partial charge in [0.2, 0.25) is 0 Å². The average molecular weight is 335 g/mol. The van der Waals surface area contributed by atoms with E-state index in [0.29, 0.717) is 17.1 Å². The van der Waals surface area contributed by atoms with Crippen molar-refractivity contribution in [1.29, 1.82) is 0 Å². The maximum atomic E-state index is 13.1. The number of carbonyl (C=O) groups excluding carboxylic acids is 1. The molecule has 1 amide bonds. The molecule has 24 heavy (non-hydrogen) atoms. The van der Waals surface area contributed by atoms with E-state index in [9.17, 15) is 4.79 Å². The quantitative estimate of drug-likeness (QED) is 0.724. The van der Waals surface area contributed by atoms with Gasteiger partial charge >= 0.3 is 0 Å². The Bertz CT molecular complexity index is 862. The number of carbonyl (C=O) groups is 1. The minimum absolute atomic E-state index is 0.0125. The zero-order chi connectivity index (χ0) is 16.5. The minimum Gasteiger partial charge on any atom is -0.331 e. The molecule has 120 valence electrons. The summed E-state index contributed by atoms with van der Waals surface area (Å²) in [4.78, 5) is 25.0. The molecule has 3 aromatic rings. The lowest BCUT2D eigenvalue weighted by molar-refractivity contribution is 0.0468. The fourth-order valence-corrected chi connectivity index (χ4v) is 3.88. The molecule has 1 atom stereocenters. The number of aryl methyl sites for hydroxylation is 1. The molecule has 0 N–H and O–H groups in total. The highest BCUT2D eigenvalue weighted by Gasteiger charge is 2.35. The Morgan fingerprint density at radius 3 is 2.71 bits per heavy atom. The number of thiophene rings is 1. The van der Waals surface area contributed by atoms with E-state index >= 15 is 0 Å². The molecule has 0 radical (unpaired) electrons. The second-order valence-corrected chi connectivity index (χ2v) is 6.84. The second-order valence-electron chi connectivity index (χ2n) is 5.86. The summed E-state index contributed by atoms with van der Waals surface area (Å²) in [6.07, 6.45) is 2.68. The summed E-state index contributed by atoms with van der Waals surface area (Å²) >= 11 is 1.70. The molecule has 1 aliphatic rings. The van der Waals surface area contributed by atoms with Crippen molar-refractivity contribution in [3.63, 3.8) is 0 Å². The van der Waals surface area contributed by atoms with Crippen LogP contribution in [0.4, 0.5) is 0 Å². The van der Waals surface area contributed by atoms with Gasteiger partial charge in [0.15, 0.2) is 0 Å². The van der Waals surface area contributed by atoms with Crippen molar-refractivity contribution in [3.8, 4) is 11.3 Å². The second kappa shape index (κ2) is 6.17. The van der Waals surface area contributed by atoms with Crippen molar-refractivity contribution >= 4 is 17.2 Å². The van der Waals surface area contributed by atoms with Crippen LogP contribution in [0.2, 0.25) is 0 Å². The van der Waals surface area contributed by atoms with Crippen LogP contribution in [0.3, 0.4) is 0 Å². The van der Waals surface area contributed by atoms with Crippen LogP contribution >= 0.6 is 11.3 Å². The van der Waals surface area contributed by atoms with Gasteiger partial charge in [0.25, 0.3) is 5.91 Å². The monoisotopic (exact) mass is 335 g/mol. The molecule has 4 rings (SSSR count). The van der Waals surface area contributed by atoms with E-state index in [1.165, 1.54) is 4.88 Å². The maximum absolute atomic E-state index is 13.1. The van der Waals surface area contributed by atoms with E-state index in [4.69, 9.17) is 0 Å². The van der Waals surface area contributed by atoms with Gasteiger partial charge in [-0.25, -0.2) is 9.97 Å². The first kappa shape index (κ1) is 15.0. The molecule has 1 aromatic carbocycles. The van der Waals surface area contributed by atoms with Crippen molar-refractivity contribution in [1.82, 2.24) is 14.9 Å². The normalized spacial score (nSPS) is 16.7. The van der Waals surface area contributed by atoms with Crippen molar-refractivity contribution < 1.29 is 4.79 Å². The average Bonchev–Trinajstić information content (AvgIpc) is 3.08. The standard InChI is InChI=1S/C19H17N3OS/c1-13-20-12-15(18(21-13)14-6-3-2-4-7-14)19(23)22-10-9-16(22)17-8-5-11-24-17/h2-8,11-12,16H,9-10H2,1H3. The van der Waals surface area contributed by atoms with Crippen LogP contribution < -0.4 is 0 Å². The summed E-state index contributed by atoms with van der Waals surface area (Å²) in [7, 11) is 0. The van der Waals surface area contributed by atoms with Gasteiger partial charge in [-0.3, -0.25) is 4.79 Å². The fourth-order valence-electron chi connectivity index (χ4n) is 3.00. The Morgan fingerprint density at radius 1 is 1.21 bits per heavy atom. The summed E-state index contributed by atoms with van der Waals surface area (Å²) in [5.41, 5.74) is 2.23. The Balaban J connectivity index is 1.70. The Labute approximate surface area is 144 Å². The number of hydrogen-bond acceptors (Lipinski definition) is 4. The van der Waals surface area contributed by atoms with E-state index in [2.05, 4.69) is 21.4 Å². The van der Waals surface area contributed by atoms with E-state index in [-0.39, 0.29) is 11.9 Å². The summed E-state index contributed by atoms with van der Waals surface area (Å²) in [6, 6.07) is 14.1. The Kier molecular flexibility index (Phi) is 3.86. The van der Waals surface area contributed by atoms with E-state index in [1.54, 1.807) is 17.5 Å². The van der Waals surface area contributed by atoms with Gasteiger partial charge in [0, 0.05) is 23.2 Å².